The molecule has 2 aliphatic rings. The van der Waals surface area contributed by atoms with E-state index in [2.05, 4.69) is 5.32 Å². The van der Waals surface area contributed by atoms with Crippen LogP contribution in [0.5, 0.6) is 0 Å². The first-order chi connectivity index (χ1) is 5.27. The van der Waals surface area contributed by atoms with Crippen molar-refractivity contribution in [1.82, 2.24) is 5.32 Å². The van der Waals surface area contributed by atoms with Crippen LogP contribution in [-0.4, -0.2) is 19.1 Å². The molecule has 2 heteroatoms. The minimum atomic E-state index is 0.161. The third-order valence-corrected chi connectivity index (χ3v) is 3.16. The van der Waals surface area contributed by atoms with Crippen LogP contribution in [0, 0.1) is 11.8 Å². The summed E-state index contributed by atoms with van der Waals surface area (Å²) >= 11 is 0. The van der Waals surface area contributed by atoms with Crippen molar-refractivity contribution in [1.29, 1.82) is 0 Å². The van der Waals surface area contributed by atoms with Crippen LogP contribution in [0.3, 0.4) is 0 Å². The van der Waals surface area contributed by atoms with Crippen molar-refractivity contribution < 1.29 is 0 Å². The summed E-state index contributed by atoms with van der Waals surface area (Å²) in [5.41, 5.74) is 6.52. The van der Waals surface area contributed by atoms with Crippen molar-refractivity contribution in [3.63, 3.8) is 0 Å². The first-order valence-corrected chi connectivity index (χ1v) is 4.71. The Bertz CT molecular complexity index is 136. The van der Waals surface area contributed by atoms with Gasteiger partial charge in [-0.2, -0.15) is 0 Å². The van der Waals surface area contributed by atoms with E-state index >= 15 is 0 Å². The third-order valence-electron chi connectivity index (χ3n) is 3.16. The Morgan fingerprint density at radius 3 is 2.00 bits per heavy atom. The van der Waals surface area contributed by atoms with Gasteiger partial charge in [-0.25, -0.2) is 0 Å². The van der Waals surface area contributed by atoms with E-state index in [1.54, 1.807) is 0 Å². The van der Waals surface area contributed by atoms with Crippen LogP contribution in [0.15, 0.2) is 0 Å². The van der Waals surface area contributed by atoms with Gasteiger partial charge >= 0.3 is 0 Å². The van der Waals surface area contributed by atoms with Crippen molar-refractivity contribution in [2.24, 2.45) is 17.6 Å². The molecule has 2 aliphatic carbocycles. The molecule has 3 N–H and O–H groups in total. The normalized spacial score (nSPS) is 25.6. The van der Waals surface area contributed by atoms with Crippen LogP contribution >= 0.6 is 0 Å². The number of likely N-dealkylation sites (N-methyl/N-ethyl adjacent to an activating group) is 1. The lowest BCUT2D eigenvalue weighted by molar-refractivity contribution is 0.312. The smallest absolute Gasteiger partial charge is 0.0337 e. The van der Waals surface area contributed by atoms with Gasteiger partial charge in [-0.15, -0.1) is 0 Å². The van der Waals surface area contributed by atoms with E-state index < -0.39 is 0 Å². The lowest BCUT2D eigenvalue weighted by atomic mass is 9.89. The zero-order chi connectivity index (χ0) is 7.90. The minimum Gasteiger partial charge on any atom is -0.324 e. The Morgan fingerprint density at radius 2 is 1.73 bits per heavy atom. The highest BCUT2D eigenvalue weighted by atomic mass is 14.9. The summed E-state index contributed by atoms with van der Waals surface area (Å²) in [6, 6.07) is 0. The van der Waals surface area contributed by atoms with E-state index in [4.69, 9.17) is 5.73 Å². The Labute approximate surface area is 68.5 Å². The monoisotopic (exact) mass is 154 g/mol. The fraction of sp³-hybridized carbons (Fsp3) is 1.00. The van der Waals surface area contributed by atoms with Gasteiger partial charge in [0.05, 0.1) is 0 Å². The van der Waals surface area contributed by atoms with Gasteiger partial charge in [0, 0.05) is 12.1 Å². The Hall–Kier alpha value is -0.0800. The predicted octanol–water partition coefficient (Wildman–Crippen LogP) is 0.723. The van der Waals surface area contributed by atoms with Crippen LogP contribution in [0.1, 0.15) is 25.7 Å². The summed E-state index contributed by atoms with van der Waals surface area (Å²) in [7, 11) is 2.01. The van der Waals surface area contributed by atoms with E-state index in [0.29, 0.717) is 0 Å². The van der Waals surface area contributed by atoms with Gasteiger partial charge in [0.15, 0.2) is 0 Å². The van der Waals surface area contributed by atoms with Gasteiger partial charge in [-0.1, -0.05) is 0 Å². The highest BCUT2D eigenvalue weighted by molar-refractivity contribution is 5.08. The summed E-state index contributed by atoms with van der Waals surface area (Å²) in [4.78, 5) is 0. The molecule has 0 radical (unpaired) electrons. The van der Waals surface area contributed by atoms with Gasteiger partial charge in [0.2, 0.25) is 0 Å². The lowest BCUT2D eigenvalue weighted by Gasteiger charge is -2.29. The van der Waals surface area contributed by atoms with Crippen molar-refractivity contribution >= 4 is 0 Å². The molecule has 64 valence electrons. The molecular weight excluding hydrogens is 136 g/mol. The van der Waals surface area contributed by atoms with Crippen LogP contribution in [0.25, 0.3) is 0 Å². The summed E-state index contributed by atoms with van der Waals surface area (Å²) < 4.78 is 0. The fourth-order valence-corrected chi connectivity index (χ4v) is 2.17. The standard InChI is InChI=1S/C9H18N2/c1-11-6-9(10,7-2-3-7)8-4-5-8/h7-8,11H,2-6,10H2,1H3. The molecule has 0 amide bonds. The molecule has 2 fully saturated rings. The highest BCUT2D eigenvalue weighted by Crippen LogP contribution is 2.50. The first kappa shape index (κ1) is 7.56. The van der Waals surface area contributed by atoms with Gasteiger partial charge in [-0.3, -0.25) is 0 Å². The average Bonchev–Trinajstić information content (AvgIpc) is 2.84. The van der Waals surface area contributed by atoms with Crippen LogP contribution in [0.2, 0.25) is 0 Å². The molecule has 11 heavy (non-hydrogen) atoms. The van der Waals surface area contributed by atoms with E-state index in [0.717, 1.165) is 18.4 Å². The summed E-state index contributed by atoms with van der Waals surface area (Å²) in [6.07, 6.45) is 5.48. The van der Waals surface area contributed by atoms with Gasteiger partial charge in [-0.05, 0) is 44.6 Å². The lowest BCUT2D eigenvalue weighted by Crippen LogP contribution is -2.52. The van der Waals surface area contributed by atoms with Crippen molar-refractivity contribution in [2.45, 2.75) is 31.2 Å². The van der Waals surface area contributed by atoms with Crippen LogP contribution < -0.4 is 11.1 Å². The second-order valence-corrected chi connectivity index (χ2v) is 4.19. The van der Waals surface area contributed by atoms with E-state index in [-0.39, 0.29) is 5.54 Å². The molecule has 0 saturated heterocycles. The van der Waals surface area contributed by atoms with Crippen molar-refractivity contribution in [3.8, 4) is 0 Å². The Kier molecular flexibility index (Phi) is 1.69. The van der Waals surface area contributed by atoms with E-state index in [1.165, 1.54) is 25.7 Å². The summed E-state index contributed by atoms with van der Waals surface area (Å²) in [5, 5.41) is 3.23. The topological polar surface area (TPSA) is 38.0 Å². The minimum absolute atomic E-state index is 0.161. The van der Waals surface area contributed by atoms with Crippen LogP contribution in [-0.2, 0) is 0 Å². The van der Waals surface area contributed by atoms with Gasteiger partial charge < -0.3 is 11.1 Å². The molecule has 0 aliphatic heterocycles. The molecule has 2 nitrogen and oxygen atoms in total. The third kappa shape index (κ3) is 1.30. The molecule has 0 unspecified atom stereocenters. The molecule has 0 bridgehead atoms. The molecule has 0 aromatic carbocycles. The molecule has 0 heterocycles. The quantitative estimate of drug-likeness (QED) is 0.626. The average molecular weight is 154 g/mol. The van der Waals surface area contributed by atoms with Gasteiger partial charge in [0.25, 0.3) is 0 Å². The second-order valence-electron chi connectivity index (χ2n) is 4.19. The zero-order valence-electron chi connectivity index (χ0n) is 7.27. The zero-order valence-corrected chi connectivity index (χ0v) is 7.27. The SMILES string of the molecule is CNCC(N)(C1CC1)C1CC1. The number of rotatable bonds is 4. The fourth-order valence-electron chi connectivity index (χ4n) is 2.17. The molecule has 2 rings (SSSR count). The van der Waals surface area contributed by atoms with Crippen molar-refractivity contribution in [3.05, 3.63) is 0 Å². The predicted molar refractivity (Wildman–Crippen MR) is 46.3 cm³/mol. The Balaban J connectivity index is 1.98. The molecule has 0 aromatic rings. The summed E-state index contributed by atoms with van der Waals surface area (Å²) in [6.45, 7) is 1.02. The number of nitrogens with two attached hydrogens (primary N) is 1. The second kappa shape index (κ2) is 2.46. The molecule has 0 atom stereocenters. The molecular formula is C9H18N2. The van der Waals surface area contributed by atoms with Crippen LogP contribution in [0.4, 0.5) is 0 Å². The largest absolute Gasteiger partial charge is 0.324 e. The van der Waals surface area contributed by atoms with E-state index in [9.17, 15) is 0 Å². The highest BCUT2D eigenvalue weighted by Gasteiger charge is 2.50. The Morgan fingerprint density at radius 1 is 1.27 bits per heavy atom. The maximum Gasteiger partial charge on any atom is 0.0337 e. The maximum atomic E-state index is 6.36. The molecule has 0 aromatic heterocycles. The number of hydrogen-bond donors (Lipinski definition) is 2. The first-order valence-electron chi connectivity index (χ1n) is 4.71. The summed E-state index contributed by atoms with van der Waals surface area (Å²) in [5.74, 6) is 1.67. The van der Waals surface area contributed by atoms with Crippen molar-refractivity contribution in [2.75, 3.05) is 13.6 Å². The molecule has 2 saturated carbocycles. The maximum absolute atomic E-state index is 6.36. The number of hydrogen-bond acceptors (Lipinski definition) is 2. The van der Waals surface area contributed by atoms with E-state index in [1.807, 2.05) is 7.05 Å². The number of nitrogens with one attached hydrogen (secondary N) is 1. The molecule has 0 spiro atoms. The van der Waals surface area contributed by atoms with Gasteiger partial charge in [0.1, 0.15) is 0 Å².